The summed E-state index contributed by atoms with van der Waals surface area (Å²) in [7, 11) is 0. The molecule has 2 heteroatoms. The Labute approximate surface area is 153 Å². The molecule has 22 heavy (non-hydrogen) atoms. The maximum atomic E-state index is 3.80. The summed E-state index contributed by atoms with van der Waals surface area (Å²) in [5.74, 6) is 0. The van der Waals surface area contributed by atoms with Crippen LogP contribution in [0.15, 0.2) is 10.5 Å². The Morgan fingerprint density at radius 2 is 1.23 bits per heavy atom. The van der Waals surface area contributed by atoms with E-state index in [1.165, 1.54) is 94.4 Å². The number of hydrogen-bond acceptors (Lipinski definition) is 0. The zero-order chi connectivity index (χ0) is 16.0. The second-order valence-electron chi connectivity index (χ2n) is 6.52. The first-order valence-corrected chi connectivity index (χ1v) is 12.1. The molecule has 1 heterocycles. The van der Waals surface area contributed by atoms with Crippen molar-refractivity contribution in [3.05, 3.63) is 19.4 Å². The zero-order valence-electron chi connectivity index (χ0n) is 14.8. The number of rotatable bonds is 14. The fourth-order valence-corrected chi connectivity index (χ4v) is 6.53. The van der Waals surface area contributed by atoms with Gasteiger partial charge in [-0.2, -0.15) is 0 Å². The standard InChI is InChI=1S/C20H35BrSe/c1-3-5-7-9-11-13-15-18-17-19(21)20(22-18)16-14-12-10-8-6-4-2/h17H,3-16H2,1-2H3. The summed E-state index contributed by atoms with van der Waals surface area (Å²) >= 11 is 4.46. The summed E-state index contributed by atoms with van der Waals surface area (Å²) in [6, 6.07) is 2.44. The molecule has 0 aliphatic heterocycles. The molecule has 0 aliphatic carbocycles. The van der Waals surface area contributed by atoms with Crippen LogP contribution in [0.4, 0.5) is 0 Å². The maximum absolute atomic E-state index is 3.80. The SMILES string of the molecule is CCCCCCCCc1cc(Br)c(CCCCCCCC)[se]1. The molecule has 0 radical (unpaired) electrons. The molecule has 0 N–H and O–H groups in total. The molecule has 0 fully saturated rings. The van der Waals surface area contributed by atoms with E-state index in [0.717, 1.165) is 0 Å². The van der Waals surface area contributed by atoms with Crippen LogP contribution in [0.2, 0.25) is 0 Å². The van der Waals surface area contributed by atoms with E-state index in [1.54, 1.807) is 8.87 Å². The minimum atomic E-state index is 0.658. The first-order valence-electron chi connectivity index (χ1n) is 9.55. The summed E-state index contributed by atoms with van der Waals surface area (Å²) in [5, 5.41) is 0. The van der Waals surface area contributed by atoms with Crippen LogP contribution in [0, 0.1) is 0 Å². The first-order chi connectivity index (χ1) is 10.8. The van der Waals surface area contributed by atoms with Crippen LogP contribution in [0.1, 0.15) is 99.8 Å². The van der Waals surface area contributed by atoms with Gasteiger partial charge in [0, 0.05) is 0 Å². The van der Waals surface area contributed by atoms with E-state index >= 15 is 0 Å². The molecule has 0 bridgehead atoms. The number of hydrogen-bond donors (Lipinski definition) is 0. The van der Waals surface area contributed by atoms with Gasteiger partial charge in [0.05, 0.1) is 0 Å². The second kappa shape index (κ2) is 13.9. The van der Waals surface area contributed by atoms with E-state index < -0.39 is 0 Å². The summed E-state index contributed by atoms with van der Waals surface area (Å²) < 4.78 is 4.89. The van der Waals surface area contributed by atoms with Crippen molar-refractivity contribution < 1.29 is 0 Å². The Kier molecular flexibility index (Phi) is 12.9. The molecular formula is C20H35BrSe. The van der Waals surface area contributed by atoms with Crippen molar-refractivity contribution in [2.45, 2.75) is 104 Å². The van der Waals surface area contributed by atoms with Crippen molar-refractivity contribution in [3.8, 4) is 0 Å². The van der Waals surface area contributed by atoms with Crippen LogP contribution < -0.4 is 0 Å². The van der Waals surface area contributed by atoms with Crippen molar-refractivity contribution in [3.63, 3.8) is 0 Å². The molecule has 0 unspecified atom stereocenters. The molecule has 0 saturated heterocycles. The van der Waals surface area contributed by atoms with Gasteiger partial charge in [-0.1, -0.05) is 0 Å². The Hall–Kier alpha value is 0.479. The average molecular weight is 434 g/mol. The molecule has 0 nitrogen and oxygen atoms in total. The molecule has 0 spiro atoms. The molecule has 0 amide bonds. The first kappa shape index (κ1) is 20.5. The summed E-state index contributed by atoms with van der Waals surface area (Å²) in [5.41, 5.74) is 0. The van der Waals surface area contributed by atoms with Gasteiger partial charge in [-0.3, -0.25) is 0 Å². The quantitative estimate of drug-likeness (QED) is 0.213. The van der Waals surface area contributed by atoms with Crippen LogP contribution >= 0.6 is 15.9 Å². The van der Waals surface area contributed by atoms with Gasteiger partial charge in [0.25, 0.3) is 0 Å². The second-order valence-corrected chi connectivity index (χ2v) is 9.94. The predicted octanol–water partition coefficient (Wildman–Crippen LogP) is 7.31. The van der Waals surface area contributed by atoms with Gasteiger partial charge in [0.1, 0.15) is 0 Å². The zero-order valence-corrected chi connectivity index (χ0v) is 18.1. The van der Waals surface area contributed by atoms with Crippen molar-refractivity contribution in [1.29, 1.82) is 0 Å². The molecule has 1 rings (SSSR count). The topological polar surface area (TPSA) is 0 Å². The molecule has 1 aromatic heterocycles. The Balaban J connectivity index is 2.14. The van der Waals surface area contributed by atoms with Crippen molar-refractivity contribution in [2.24, 2.45) is 0 Å². The summed E-state index contributed by atoms with van der Waals surface area (Å²) in [4.78, 5) is 0. The Morgan fingerprint density at radius 1 is 0.727 bits per heavy atom. The predicted molar refractivity (Wildman–Crippen MR) is 105 cm³/mol. The molecule has 0 atom stereocenters. The van der Waals surface area contributed by atoms with Crippen molar-refractivity contribution >= 4 is 30.4 Å². The van der Waals surface area contributed by atoms with Crippen LogP contribution in [0.25, 0.3) is 0 Å². The summed E-state index contributed by atoms with van der Waals surface area (Å²) in [6.45, 7) is 4.58. The molecule has 1 aromatic rings. The van der Waals surface area contributed by atoms with Crippen molar-refractivity contribution in [1.82, 2.24) is 0 Å². The summed E-state index contributed by atoms with van der Waals surface area (Å²) in [6.07, 6.45) is 19.6. The van der Waals surface area contributed by atoms with Gasteiger partial charge in [-0.15, -0.1) is 0 Å². The molecule has 0 aliphatic rings. The molecule has 0 aromatic carbocycles. The van der Waals surface area contributed by atoms with Crippen LogP contribution in [0.3, 0.4) is 0 Å². The van der Waals surface area contributed by atoms with Gasteiger partial charge in [0.15, 0.2) is 0 Å². The number of aryl methyl sites for hydroxylation is 2. The fraction of sp³-hybridized carbons (Fsp3) is 0.800. The van der Waals surface area contributed by atoms with Gasteiger partial charge >= 0.3 is 154 Å². The third kappa shape index (κ3) is 9.58. The average Bonchev–Trinajstić information content (AvgIpc) is 2.86. The number of halogens is 1. The van der Waals surface area contributed by atoms with E-state index in [-0.39, 0.29) is 0 Å². The minimum absolute atomic E-state index is 0.658. The molecule has 128 valence electrons. The van der Waals surface area contributed by atoms with Crippen LogP contribution in [-0.4, -0.2) is 14.5 Å². The van der Waals surface area contributed by atoms with E-state index in [1.807, 2.05) is 0 Å². The Morgan fingerprint density at radius 3 is 1.82 bits per heavy atom. The van der Waals surface area contributed by atoms with Crippen LogP contribution in [-0.2, 0) is 12.8 Å². The third-order valence-corrected chi connectivity index (χ3v) is 8.27. The molecular weight excluding hydrogens is 399 g/mol. The van der Waals surface area contributed by atoms with E-state index in [0.29, 0.717) is 14.5 Å². The van der Waals surface area contributed by atoms with E-state index in [2.05, 4.69) is 35.8 Å². The Bertz CT molecular complexity index is 370. The van der Waals surface area contributed by atoms with Crippen molar-refractivity contribution in [2.75, 3.05) is 0 Å². The van der Waals surface area contributed by atoms with E-state index in [4.69, 9.17) is 0 Å². The fourth-order valence-electron chi connectivity index (χ4n) is 2.90. The van der Waals surface area contributed by atoms with Crippen LogP contribution in [0.5, 0.6) is 0 Å². The van der Waals surface area contributed by atoms with Gasteiger partial charge < -0.3 is 0 Å². The van der Waals surface area contributed by atoms with Gasteiger partial charge in [-0.05, 0) is 0 Å². The van der Waals surface area contributed by atoms with Gasteiger partial charge in [-0.25, -0.2) is 0 Å². The van der Waals surface area contributed by atoms with E-state index in [9.17, 15) is 0 Å². The van der Waals surface area contributed by atoms with Gasteiger partial charge in [0.2, 0.25) is 0 Å². The molecule has 0 saturated carbocycles. The monoisotopic (exact) mass is 434 g/mol. The normalized spacial score (nSPS) is 11.2. The third-order valence-electron chi connectivity index (χ3n) is 4.34. The number of unbranched alkanes of at least 4 members (excludes halogenated alkanes) is 10.